The Kier molecular flexibility index (Phi) is 3.75. The molecular weight excluding hydrogens is 303 g/mol. The number of nitrogens with one attached hydrogen (secondary N) is 1. The summed E-state index contributed by atoms with van der Waals surface area (Å²) in [5, 5.41) is 3.06. The molecule has 6 heteroatoms. The molecule has 0 fully saturated rings. The van der Waals surface area contributed by atoms with Crippen molar-refractivity contribution in [2.45, 2.75) is 19.4 Å². The summed E-state index contributed by atoms with van der Waals surface area (Å²) in [7, 11) is 1.77. The largest absolute Gasteiger partial charge is 0.352 e. The van der Waals surface area contributed by atoms with Gasteiger partial charge < -0.3 is 9.88 Å². The van der Waals surface area contributed by atoms with Gasteiger partial charge in [0.25, 0.3) is 5.92 Å². The van der Waals surface area contributed by atoms with Crippen molar-refractivity contribution in [1.29, 1.82) is 0 Å². The molecule has 3 aromatic rings. The number of anilines is 1. The molecule has 2 aromatic carbocycles. The predicted octanol–water partition coefficient (Wildman–Crippen LogP) is 4.44. The Balaban J connectivity index is 1.84. The highest BCUT2D eigenvalue weighted by Gasteiger charge is 2.24. The van der Waals surface area contributed by atoms with Gasteiger partial charge in [0.15, 0.2) is 5.82 Å². The lowest BCUT2D eigenvalue weighted by atomic mass is 10.1. The van der Waals surface area contributed by atoms with Crippen molar-refractivity contribution in [2.24, 2.45) is 7.05 Å². The van der Waals surface area contributed by atoms with Crippen LogP contribution in [0.15, 0.2) is 42.5 Å². The molecule has 0 aliphatic heterocycles. The first-order valence-corrected chi connectivity index (χ1v) is 7.18. The maximum absolute atomic E-state index is 13.7. The van der Waals surface area contributed by atoms with Gasteiger partial charge in [0.05, 0.1) is 5.52 Å². The standard InChI is InChI=1S/C17H16F3N3/c1-17(19,20)12-6-3-5-11(9-12)10-21-16-22-15-13(18)7-4-8-14(15)23(16)2/h3-9H,10H2,1-2H3,(H,21,22). The van der Waals surface area contributed by atoms with Gasteiger partial charge >= 0.3 is 0 Å². The minimum atomic E-state index is -2.88. The van der Waals surface area contributed by atoms with E-state index in [4.69, 9.17) is 0 Å². The Bertz CT molecular complexity index is 850. The Hall–Kier alpha value is -2.50. The minimum absolute atomic E-state index is 0.0344. The summed E-state index contributed by atoms with van der Waals surface area (Å²) in [6, 6.07) is 10.9. The second-order valence-corrected chi connectivity index (χ2v) is 5.54. The summed E-state index contributed by atoms with van der Waals surface area (Å²) in [5.74, 6) is -2.78. The van der Waals surface area contributed by atoms with Crippen LogP contribution in [0.3, 0.4) is 0 Å². The number of hydrogen-bond acceptors (Lipinski definition) is 2. The van der Waals surface area contributed by atoms with Gasteiger partial charge in [0.2, 0.25) is 5.95 Å². The number of fused-ring (bicyclic) bond motifs is 1. The molecule has 0 radical (unpaired) electrons. The van der Waals surface area contributed by atoms with Crippen molar-refractivity contribution >= 4 is 17.0 Å². The van der Waals surface area contributed by atoms with Crippen LogP contribution >= 0.6 is 0 Å². The number of imidazole rings is 1. The van der Waals surface area contributed by atoms with E-state index >= 15 is 0 Å². The predicted molar refractivity (Wildman–Crippen MR) is 84.0 cm³/mol. The van der Waals surface area contributed by atoms with Crippen molar-refractivity contribution in [2.75, 3.05) is 5.32 Å². The van der Waals surface area contributed by atoms with Crippen molar-refractivity contribution in [3.63, 3.8) is 0 Å². The summed E-state index contributed by atoms with van der Waals surface area (Å²) >= 11 is 0. The first kappa shape index (κ1) is 15.4. The second-order valence-electron chi connectivity index (χ2n) is 5.54. The molecule has 0 spiro atoms. The third kappa shape index (κ3) is 3.02. The van der Waals surface area contributed by atoms with Gasteiger partial charge in [-0.05, 0) is 23.8 Å². The van der Waals surface area contributed by atoms with E-state index in [9.17, 15) is 13.2 Å². The number of aromatic nitrogens is 2. The molecule has 1 aromatic heterocycles. The van der Waals surface area contributed by atoms with E-state index in [1.54, 1.807) is 35.9 Å². The zero-order chi connectivity index (χ0) is 16.6. The average Bonchev–Trinajstić information content (AvgIpc) is 2.83. The number of benzene rings is 2. The molecule has 0 aliphatic carbocycles. The Morgan fingerprint density at radius 2 is 1.91 bits per heavy atom. The van der Waals surface area contributed by atoms with Gasteiger partial charge in [-0.15, -0.1) is 0 Å². The number of rotatable bonds is 4. The van der Waals surface area contributed by atoms with Crippen LogP contribution < -0.4 is 5.32 Å². The van der Waals surface area contributed by atoms with E-state index in [0.717, 1.165) is 6.92 Å². The number of nitrogens with zero attached hydrogens (tertiary/aromatic N) is 2. The molecule has 0 unspecified atom stereocenters. The fourth-order valence-electron chi connectivity index (χ4n) is 2.47. The smallest absolute Gasteiger partial charge is 0.270 e. The lowest BCUT2D eigenvalue weighted by molar-refractivity contribution is 0.0174. The lowest BCUT2D eigenvalue weighted by Gasteiger charge is -2.12. The highest BCUT2D eigenvalue weighted by atomic mass is 19.3. The van der Waals surface area contributed by atoms with E-state index in [2.05, 4.69) is 10.3 Å². The van der Waals surface area contributed by atoms with E-state index in [1.807, 2.05) is 0 Å². The summed E-state index contributed by atoms with van der Waals surface area (Å²) in [6.07, 6.45) is 0. The topological polar surface area (TPSA) is 29.9 Å². The molecule has 3 rings (SSSR count). The SMILES string of the molecule is Cn1c(NCc2cccc(C(C)(F)F)c2)nc2c(F)cccc21. The highest BCUT2D eigenvalue weighted by Crippen LogP contribution is 2.27. The fourth-order valence-corrected chi connectivity index (χ4v) is 2.47. The van der Waals surface area contributed by atoms with E-state index in [1.165, 1.54) is 18.2 Å². The number of alkyl halides is 2. The minimum Gasteiger partial charge on any atom is -0.352 e. The Morgan fingerprint density at radius 3 is 2.61 bits per heavy atom. The first-order chi connectivity index (χ1) is 10.9. The molecule has 1 N–H and O–H groups in total. The lowest BCUT2D eigenvalue weighted by Crippen LogP contribution is -2.09. The second kappa shape index (κ2) is 5.61. The zero-order valence-corrected chi connectivity index (χ0v) is 12.8. The number of hydrogen-bond donors (Lipinski definition) is 1. The number of halogens is 3. The summed E-state index contributed by atoms with van der Waals surface area (Å²) in [6.45, 7) is 1.19. The maximum Gasteiger partial charge on any atom is 0.270 e. The van der Waals surface area contributed by atoms with Crippen molar-refractivity contribution in [1.82, 2.24) is 9.55 Å². The van der Waals surface area contributed by atoms with Crippen molar-refractivity contribution in [3.8, 4) is 0 Å². The highest BCUT2D eigenvalue weighted by molar-refractivity contribution is 5.79. The quantitative estimate of drug-likeness (QED) is 0.770. The van der Waals surface area contributed by atoms with E-state index in [0.29, 0.717) is 23.6 Å². The van der Waals surface area contributed by atoms with E-state index in [-0.39, 0.29) is 11.1 Å². The molecule has 0 saturated heterocycles. The molecule has 120 valence electrons. The molecule has 0 bridgehead atoms. The Labute approximate surface area is 131 Å². The molecule has 23 heavy (non-hydrogen) atoms. The van der Waals surface area contributed by atoms with Crippen LogP contribution in [0, 0.1) is 5.82 Å². The van der Waals surface area contributed by atoms with Gasteiger partial charge in [-0.1, -0.05) is 24.3 Å². The average molecular weight is 319 g/mol. The maximum atomic E-state index is 13.7. The third-order valence-corrected chi connectivity index (χ3v) is 3.75. The monoisotopic (exact) mass is 319 g/mol. The number of para-hydroxylation sites is 1. The summed E-state index contributed by atoms with van der Waals surface area (Å²) < 4.78 is 42.2. The van der Waals surface area contributed by atoms with Crippen LogP contribution in [0.2, 0.25) is 0 Å². The Morgan fingerprint density at radius 1 is 1.17 bits per heavy atom. The molecule has 0 saturated carbocycles. The van der Waals surface area contributed by atoms with Crippen LogP contribution in [0.4, 0.5) is 19.1 Å². The van der Waals surface area contributed by atoms with Crippen LogP contribution in [-0.4, -0.2) is 9.55 Å². The van der Waals surface area contributed by atoms with Gasteiger partial charge in [-0.2, -0.15) is 0 Å². The molecule has 1 heterocycles. The zero-order valence-electron chi connectivity index (χ0n) is 12.8. The van der Waals surface area contributed by atoms with Crippen molar-refractivity contribution in [3.05, 3.63) is 59.4 Å². The van der Waals surface area contributed by atoms with Crippen LogP contribution in [0.25, 0.3) is 11.0 Å². The fraction of sp³-hybridized carbons (Fsp3) is 0.235. The van der Waals surface area contributed by atoms with Gasteiger partial charge in [-0.3, -0.25) is 0 Å². The van der Waals surface area contributed by atoms with Crippen LogP contribution in [-0.2, 0) is 19.5 Å². The summed E-state index contributed by atoms with van der Waals surface area (Å²) in [4.78, 5) is 4.23. The molecule has 0 aliphatic rings. The van der Waals surface area contributed by atoms with Crippen molar-refractivity contribution < 1.29 is 13.2 Å². The van der Waals surface area contributed by atoms with Gasteiger partial charge in [0, 0.05) is 26.1 Å². The van der Waals surface area contributed by atoms with Crippen LogP contribution in [0.5, 0.6) is 0 Å². The molecule has 0 amide bonds. The molecule has 3 nitrogen and oxygen atoms in total. The number of aryl methyl sites for hydroxylation is 1. The normalized spacial score (nSPS) is 11.9. The first-order valence-electron chi connectivity index (χ1n) is 7.18. The van der Waals surface area contributed by atoms with E-state index < -0.39 is 11.7 Å². The third-order valence-electron chi connectivity index (χ3n) is 3.75. The summed E-state index contributed by atoms with van der Waals surface area (Å²) in [5.41, 5.74) is 1.62. The van der Waals surface area contributed by atoms with Gasteiger partial charge in [0.1, 0.15) is 5.52 Å². The van der Waals surface area contributed by atoms with Gasteiger partial charge in [-0.25, -0.2) is 18.2 Å². The molecular formula is C17H16F3N3. The van der Waals surface area contributed by atoms with Crippen LogP contribution in [0.1, 0.15) is 18.1 Å². The molecule has 0 atom stereocenters.